The predicted molar refractivity (Wildman–Crippen MR) is 100 cm³/mol. The maximum atomic E-state index is 5.09. The molecule has 0 aliphatic carbocycles. The minimum atomic E-state index is 0.258. The fourth-order valence-electron chi connectivity index (χ4n) is 3.21. The van der Waals surface area contributed by atoms with E-state index in [1.807, 2.05) is 32.6 Å². The fourth-order valence-corrected chi connectivity index (χ4v) is 3.21. The van der Waals surface area contributed by atoms with E-state index >= 15 is 0 Å². The summed E-state index contributed by atoms with van der Waals surface area (Å²) in [5.74, 6) is 2.16. The van der Waals surface area contributed by atoms with E-state index in [0.717, 1.165) is 42.7 Å². The lowest BCUT2D eigenvalue weighted by molar-refractivity contribution is 0.177. The molecule has 1 N–H and O–H groups in total. The van der Waals surface area contributed by atoms with E-state index in [9.17, 15) is 0 Å². The van der Waals surface area contributed by atoms with E-state index in [1.165, 1.54) is 0 Å². The molecule has 4 heterocycles. The average molecular weight is 369 g/mol. The average Bonchev–Trinajstić information content (AvgIpc) is 3.37. The first-order valence-electron chi connectivity index (χ1n) is 8.85. The summed E-state index contributed by atoms with van der Waals surface area (Å²) in [6, 6.07) is 2.16. The van der Waals surface area contributed by atoms with Gasteiger partial charge in [0.25, 0.3) is 0 Å². The van der Waals surface area contributed by atoms with E-state index in [4.69, 9.17) is 9.72 Å². The highest BCUT2D eigenvalue weighted by atomic mass is 16.5. The Morgan fingerprint density at radius 3 is 2.96 bits per heavy atom. The zero-order valence-corrected chi connectivity index (χ0v) is 15.7. The number of hydrogen-bond acceptors (Lipinski definition) is 8. The Bertz CT molecular complexity index is 919. The Kier molecular flexibility index (Phi) is 4.71. The Hall–Kier alpha value is -3.01. The van der Waals surface area contributed by atoms with Crippen LogP contribution in [-0.2, 0) is 25.4 Å². The molecule has 142 valence electrons. The van der Waals surface area contributed by atoms with Gasteiger partial charge in [0.05, 0.1) is 11.9 Å². The van der Waals surface area contributed by atoms with Gasteiger partial charge in [-0.2, -0.15) is 15.2 Å². The Balaban J connectivity index is 1.44. The molecule has 0 radical (unpaired) electrons. The van der Waals surface area contributed by atoms with E-state index in [-0.39, 0.29) is 6.04 Å². The molecule has 1 saturated heterocycles. The van der Waals surface area contributed by atoms with Crippen molar-refractivity contribution in [3.63, 3.8) is 0 Å². The zero-order chi connectivity index (χ0) is 18.8. The van der Waals surface area contributed by atoms with Crippen LogP contribution in [0.4, 0.5) is 11.9 Å². The quantitative estimate of drug-likeness (QED) is 0.683. The zero-order valence-electron chi connectivity index (χ0n) is 15.7. The molecule has 0 saturated carbocycles. The third-order valence-corrected chi connectivity index (χ3v) is 4.53. The second kappa shape index (κ2) is 7.31. The first-order valence-corrected chi connectivity index (χ1v) is 8.85. The van der Waals surface area contributed by atoms with E-state index in [1.54, 1.807) is 22.7 Å². The first-order chi connectivity index (χ1) is 13.1. The summed E-state index contributed by atoms with van der Waals surface area (Å²) in [5, 5.41) is 12.0. The molecule has 0 amide bonds. The minimum Gasteiger partial charge on any atom is -0.377 e. The predicted octanol–water partition coefficient (Wildman–Crippen LogP) is 0.843. The summed E-state index contributed by atoms with van der Waals surface area (Å²) in [6.45, 7) is 2.10. The van der Waals surface area contributed by atoms with Gasteiger partial charge in [-0.1, -0.05) is 0 Å². The summed E-state index contributed by atoms with van der Waals surface area (Å²) >= 11 is 0. The molecule has 1 atom stereocenters. The van der Waals surface area contributed by atoms with Crippen molar-refractivity contribution in [2.75, 3.05) is 30.4 Å². The Morgan fingerprint density at radius 2 is 2.19 bits per heavy atom. The summed E-state index contributed by atoms with van der Waals surface area (Å²) in [5.41, 5.74) is 1.86. The van der Waals surface area contributed by atoms with Crippen LogP contribution < -0.4 is 10.2 Å². The van der Waals surface area contributed by atoms with Crippen molar-refractivity contribution in [3.05, 3.63) is 30.5 Å². The lowest BCUT2D eigenvalue weighted by Crippen LogP contribution is -2.28. The molecule has 1 fully saturated rings. The van der Waals surface area contributed by atoms with E-state index < -0.39 is 0 Å². The molecule has 1 unspecified atom stereocenters. The standard InChI is InChI=1S/C17H23N9O/c1-24-9-12(8-19-24)14-4-6-18-16(21-14)26-7-5-13(10-26)20-17-22-15(11-27-3)23-25(17)2/h4,6,8-9,13H,5,7,10-11H2,1-3H3,(H,20,22,23). The van der Waals surface area contributed by atoms with Crippen molar-refractivity contribution in [1.82, 2.24) is 34.5 Å². The van der Waals surface area contributed by atoms with Crippen LogP contribution in [0, 0.1) is 0 Å². The van der Waals surface area contributed by atoms with Gasteiger partial charge >= 0.3 is 0 Å². The van der Waals surface area contributed by atoms with Gasteiger partial charge in [0.2, 0.25) is 11.9 Å². The van der Waals surface area contributed by atoms with Crippen LogP contribution in [0.3, 0.4) is 0 Å². The summed E-state index contributed by atoms with van der Waals surface area (Å²) in [7, 11) is 5.41. The second-order valence-corrected chi connectivity index (χ2v) is 6.63. The van der Waals surface area contributed by atoms with Gasteiger partial charge in [-0.25, -0.2) is 14.6 Å². The van der Waals surface area contributed by atoms with Crippen molar-refractivity contribution in [2.24, 2.45) is 14.1 Å². The van der Waals surface area contributed by atoms with Crippen LogP contribution in [0.2, 0.25) is 0 Å². The van der Waals surface area contributed by atoms with Crippen molar-refractivity contribution >= 4 is 11.9 Å². The van der Waals surface area contributed by atoms with Crippen LogP contribution in [0.25, 0.3) is 11.3 Å². The lowest BCUT2D eigenvalue weighted by atomic mass is 10.2. The molecule has 0 spiro atoms. The summed E-state index contributed by atoms with van der Waals surface area (Å²) in [6.07, 6.45) is 6.54. The number of anilines is 2. The second-order valence-electron chi connectivity index (χ2n) is 6.63. The van der Waals surface area contributed by atoms with Gasteiger partial charge in [0.1, 0.15) is 6.61 Å². The van der Waals surface area contributed by atoms with Crippen LogP contribution in [-0.4, -0.2) is 60.8 Å². The molecular formula is C17H23N9O. The lowest BCUT2D eigenvalue weighted by Gasteiger charge is -2.17. The monoisotopic (exact) mass is 369 g/mol. The summed E-state index contributed by atoms with van der Waals surface area (Å²) < 4.78 is 8.61. The van der Waals surface area contributed by atoms with E-state index in [2.05, 4.69) is 30.4 Å². The smallest absolute Gasteiger partial charge is 0.225 e. The van der Waals surface area contributed by atoms with Crippen molar-refractivity contribution < 1.29 is 4.74 Å². The molecule has 1 aliphatic heterocycles. The van der Waals surface area contributed by atoms with E-state index in [0.29, 0.717) is 12.4 Å². The van der Waals surface area contributed by atoms with Gasteiger partial charge < -0.3 is 15.0 Å². The van der Waals surface area contributed by atoms with Gasteiger partial charge in [-0.05, 0) is 12.5 Å². The molecular weight excluding hydrogens is 346 g/mol. The number of aryl methyl sites for hydroxylation is 2. The third-order valence-electron chi connectivity index (χ3n) is 4.53. The van der Waals surface area contributed by atoms with Crippen molar-refractivity contribution in [1.29, 1.82) is 0 Å². The van der Waals surface area contributed by atoms with Gasteiger partial charge in [0, 0.05) is 58.3 Å². The SMILES string of the molecule is COCc1nc(NC2CCN(c3nccc(-c4cnn(C)c4)n3)C2)n(C)n1. The number of aromatic nitrogens is 7. The number of methoxy groups -OCH3 is 1. The molecule has 1 aliphatic rings. The molecule has 4 rings (SSSR count). The van der Waals surface area contributed by atoms with Crippen LogP contribution in [0.1, 0.15) is 12.2 Å². The number of nitrogens with zero attached hydrogens (tertiary/aromatic N) is 8. The maximum absolute atomic E-state index is 5.09. The molecule has 10 heteroatoms. The van der Waals surface area contributed by atoms with Gasteiger partial charge in [0.15, 0.2) is 5.82 Å². The van der Waals surface area contributed by atoms with Crippen molar-refractivity contribution in [2.45, 2.75) is 19.1 Å². The minimum absolute atomic E-state index is 0.258. The molecule has 0 aromatic carbocycles. The largest absolute Gasteiger partial charge is 0.377 e. The van der Waals surface area contributed by atoms with Crippen molar-refractivity contribution in [3.8, 4) is 11.3 Å². The van der Waals surface area contributed by atoms with Crippen LogP contribution in [0.5, 0.6) is 0 Å². The number of hydrogen-bond donors (Lipinski definition) is 1. The molecule has 10 nitrogen and oxygen atoms in total. The molecule has 3 aromatic rings. The number of rotatable bonds is 6. The highest BCUT2D eigenvalue weighted by molar-refractivity contribution is 5.58. The highest BCUT2D eigenvalue weighted by Gasteiger charge is 2.26. The number of nitrogens with one attached hydrogen (secondary N) is 1. The topological polar surface area (TPSA) is 98.8 Å². The van der Waals surface area contributed by atoms with Crippen LogP contribution >= 0.6 is 0 Å². The Labute approximate surface area is 157 Å². The Morgan fingerprint density at radius 1 is 1.30 bits per heavy atom. The van der Waals surface area contributed by atoms with Gasteiger partial charge in [-0.3, -0.25) is 4.68 Å². The summed E-state index contributed by atoms with van der Waals surface area (Å²) in [4.78, 5) is 15.8. The highest BCUT2D eigenvalue weighted by Crippen LogP contribution is 2.22. The molecule has 27 heavy (non-hydrogen) atoms. The number of ether oxygens (including phenoxy) is 1. The normalized spacial score (nSPS) is 16.9. The first kappa shape index (κ1) is 17.4. The van der Waals surface area contributed by atoms with Crippen LogP contribution in [0.15, 0.2) is 24.7 Å². The maximum Gasteiger partial charge on any atom is 0.225 e. The molecule has 3 aromatic heterocycles. The third kappa shape index (κ3) is 3.75. The fraction of sp³-hybridized carbons (Fsp3) is 0.471. The molecule has 0 bridgehead atoms. The van der Waals surface area contributed by atoms with Gasteiger partial charge in [-0.15, -0.1) is 0 Å².